The quantitative estimate of drug-likeness (QED) is 0.449. The van der Waals surface area contributed by atoms with E-state index in [1.165, 1.54) is 0 Å². The third-order valence-corrected chi connectivity index (χ3v) is 2.54. The van der Waals surface area contributed by atoms with Crippen molar-refractivity contribution in [2.75, 3.05) is 0 Å². The van der Waals surface area contributed by atoms with Crippen molar-refractivity contribution in [1.82, 2.24) is 0 Å². The van der Waals surface area contributed by atoms with Gasteiger partial charge >= 0.3 is 0 Å². The molecule has 2 nitrogen and oxygen atoms in total. The molecule has 14 heavy (non-hydrogen) atoms. The molecule has 0 radical (unpaired) electrons. The van der Waals surface area contributed by atoms with Gasteiger partial charge in [-0.05, 0) is 28.5 Å². The summed E-state index contributed by atoms with van der Waals surface area (Å²) in [5.41, 5.74) is 0.943. The number of hydrogen-bond donors (Lipinski definition) is 2. The Labute approximate surface area is 87.5 Å². The van der Waals surface area contributed by atoms with Crippen molar-refractivity contribution in [3.63, 3.8) is 0 Å². The summed E-state index contributed by atoms with van der Waals surface area (Å²) in [6.45, 7) is 0.215. The van der Waals surface area contributed by atoms with Gasteiger partial charge in [-0.2, -0.15) is 0 Å². The summed E-state index contributed by atoms with van der Waals surface area (Å²) in [5.74, 6) is 0. The summed E-state index contributed by atoms with van der Waals surface area (Å²) in [5, 5.41) is 10.5. The van der Waals surface area contributed by atoms with Gasteiger partial charge in [0, 0.05) is 4.90 Å². The first-order valence-electron chi connectivity index (χ1n) is 4.28. The lowest BCUT2D eigenvalue weighted by Gasteiger charge is -2.03. The Morgan fingerprint density at radius 2 is 2.07 bits per heavy atom. The van der Waals surface area contributed by atoms with Gasteiger partial charge in [0.15, 0.2) is 0 Å². The van der Waals surface area contributed by atoms with Crippen molar-refractivity contribution < 1.29 is 10.1 Å². The normalized spacial score (nSPS) is 10.7. The Hall–Kier alpha value is -1.03. The van der Waals surface area contributed by atoms with E-state index < -0.39 is 0 Å². The van der Waals surface area contributed by atoms with Crippen LogP contribution in [-0.2, 0) is 11.5 Å². The average molecular weight is 206 g/mol. The second kappa shape index (κ2) is 4.00. The van der Waals surface area contributed by atoms with Crippen molar-refractivity contribution in [1.29, 1.82) is 0 Å². The number of benzene rings is 2. The molecule has 0 spiro atoms. The van der Waals surface area contributed by atoms with E-state index in [1.54, 1.807) is 0 Å². The molecule has 0 bridgehead atoms. The molecule has 0 heterocycles. The Balaban J connectivity index is 2.56. The third-order valence-electron chi connectivity index (χ3n) is 2.15. The Morgan fingerprint density at radius 1 is 1.21 bits per heavy atom. The zero-order chi connectivity index (χ0) is 9.97. The SMILES string of the molecule is OOCc1ccc2c(S)cccc2c1. The first kappa shape index (κ1) is 9.52. The fourth-order valence-electron chi connectivity index (χ4n) is 1.48. The van der Waals surface area contributed by atoms with Crippen molar-refractivity contribution in [2.24, 2.45) is 0 Å². The van der Waals surface area contributed by atoms with Gasteiger partial charge in [-0.15, -0.1) is 12.6 Å². The van der Waals surface area contributed by atoms with Crippen LogP contribution < -0.4 is 0 Å². The average Bonchev–Trinajstić information content (AvgIpc) is 2.18. The minimum Gasteiger partial charge on any atom is -0.251 e. The summed E-state index contributed by atoms with van der Waals surface area (Å²) >= 11 is 4.36. The van der Waals surface area contributed by atoms with E-state index in [0.29, 0.717) is 0 Å². The predicted molar refractivity (Wildman–Crippen MR) is 58.6 cm³/mol. The van der Waals surface area contributed by atoms with Gasteiger partial charge in [-0.1, -0.05) is 24.3 Å². The largest absolute Gasteiger partial charge is 0.251 e. The van der Waals surface area contributed by atoms with Gasteiger partial charge in [-0.3, -0.25) is 5.26 Å². The minimum atomic E-state index is 0.215. The molecule has 0 atom stereocenters. The molecule has 0 unspecified atom stereocenters. The van der Waals surface area contributed by atoms with E-state index >= 15 is 0 Å². The van der Waals surface area contributed by atoms with Crippen LogP contribution in [0.15, 0.2) is 41.3 Å². The van der Waals surface area contributed by atoms with Gasteiger partial charge in [-0.25, -0.2) is 4.89 Å². The van der Waals surface area contributed by atoms with Gasteiger partial charge in [0.05, 0.1) is 0 Å². The molecule has 0 saturated heterocycles. The topological polar surface area (TPSA) is 29.5 Å². The zero-order valence-corrected chi connectivity index (χ0v) is 8.37. The van der Waals surface area contributed by atoms with E-state index in [2.05, 4.69) is 17.5 Å². The van der Waals surface area contributed by atoms with Gasteiger partial charge < -0.3 is 0 Å². The van der Waals surface area contributed by atoms with Crippen LogP contribution in [0.5, 0.6) is 0 Å². The van der Waals surface area contributed by atoms with E-state index in [0.717, 1.165) is 21.2 Å². The molecule has 0 aliphatic rings. The highest BCUT2D eigenvalue weighted by Gasteiger charge is 1.98. The zero-order valence-electron chi connectivity index (χ0n) is 7.47. The molecule has 0 aliphatic heterocycles. The molecule has 0 saturated carbocycles. The number of rotatable bonds is 2. The van der Waals surface area contributed by atoms with Crippen LogP contribution in [0.3, 0.4) is 0 Å². The van der Waals surface area contributed by atoms with Crippen LogP contribution in [0, 0.1) is 0 Å². The Bertz CT molecular complexity index is 454. The number of hydrogen-bond acceptors (Lipinski definition) is 3. The minimum absolute atomic E-state index is 0.215. The smallest absolute Gasteiger partial charge is 0.107 e. The maximum absolute atomic E-state index is 8.33. The summed E-state index contributed by atoms with van der Waals surface area (Å²) in [4.78, 5) is 5.05. The predicted octanol–water partition coefficient (Wildman–Crippen LogP) is 3.12. The van der Waals surface area contributed by atoms with Crippen molar-refractivity contribution in [2.45, 2.75) is 11.5 Å². The Morgan fingerprint density at radius 3 is 2.86 bits per heavy atom. The van der Waals surface area contributed by atoms with Gasteiger partial charge in [0.25, 0.3) is 0 Å². The molecule has 2 rings (SSSR count). The van der Waals surface area contributed by atoms with Crippen LogP contribution in [0.25, 0.3) is 10.8 Å². The van der Waals surface area contributed by atoms with E-state index in [1.807, 2.05) is 36.4 Å². The van der Waals surface area contributed by atoms with E-state index in [4.69, 9.17) is 5.26 Å². The molecule has 72 valence electrons. The first-order chi connectivity index (χ1) is 6.81. The monoisotopic (exact) mass is 206 g/mol. The van der Waals surface area contributed by atoms with Crippen LogP contribution >= 0.6 is 12.6 Å². The van der Waals surface area contributed by atoms with Gasteiger partial charge in [0.1, 0.15) is 6.61 Å². The van der Waals surface area contributed by atoms with Gasteiger partial charge in [0.2, 0.25) is 0 Å². The van der Waals surface area contributed by atoms with Crippen LogP contribution in [-0.4, -0.2) is 5.26 Å². The summed E-state index contributed by atoms with van der Waals surface area (Å²) in [6, 6.07) is 11.8. The summed E-state index contributed by atoms with van der Waals surface area (Å²) in [6.07, 6.45) is 0. The second-order valence-electron chi connectivity index (χ2n) is 3.11. The standard InChI is InChI=1S/C11H10O2S/c12-13-7-8-4-5-10-9(6-8)2-1-3-11(10)14/h1-6,12,14H,7H2. The van der Waals surface area contributed by atoms with Crippen LogP contribution in [0.2, 0.25) is 0 Å². The molecule has 2 aromatic rings. The maximum atomic E-state index is 8.33. The fourth-order valence-corrected chi connectivity index (χ4v) is 1.77. The summed E-state index contributed by atoms with van der Waals surface area (Å²) < 4.78 is 0. The maximum Gasteiger partial charge on any atom is 0.107 e. The highest BCUT2D eigenvalue weighted by Crippen LogP contribution is 2.22. The molecule has 2 aromatic carbocycles. The van der Waals surface area contributed by atoms with E-state index in [-0.39, 0.29) is 6.61 Å². The fraction of sp³-hybridized carbons (Fsp3) is 0.0909. The molecule has 1 N–H and O–H groups in total. The molecular formula is C11H10O2S. The highest BCUT2D eigenvalue weighted by atomic mass is 32.1. The molecule has 0 aromatic heterocycles. The first-order valence-corrected chi connectivity index (χ1v) is 4.73. The lowest BCUT2D eigenvalue weighted by Crippen LogP contribution is -1.87. The van der Waals surface area contributed by atoms with Crippen LogP contribution in [0.4, 0.5) is 0 Å². The van der Waals surface area contributed by atoms with Crippen LogP contribution in [0.1, 0.15) is 5.56 Å². The lowest BCUT2D eigenvalue weighted by molar-refractivity contribution is -0.252. The summed E-state index contributed by atoms with van der Waals surface area (Å²) in [7, 11) is 0. The molecule has 0 amide bonds. The molecule has 0 aliphatic carbocycles. The van der Waals surface area contributed by atoms with Crippen molar-refractivity contribution in [3.05, 3.63) is 42.0 Å². The van der Waals surface area contributed by atoms with E-state index in [9.17, 15) is 0 Å². The third kappa shape index (κ3) is 1.75. The number of thiol groups is 1. The number of fused-ring (bicyclic) bond motifs is 1. The molecule has 0 fully saturated rings. The molecule has 3 heteroatoms. The molecular weight excluding hydrogens is 196 g/mol. The van der Waals surface area contributed by atoms with Crippen molar-refractivity contribution in [3.8, 4) is 0 Å². The highest BCUT2D eigenvalue weighted by molar-refractivity contribution is 7.80. The second-order valence-corrected chi connectivity index (χ2v) is 3.59. The Kier molecular flexibility index (Phi) is 2.72. The lowest BCUT2D eigenvalue weighted by atomic mass is 10.1. The van der Waals surface area contributed by atoms with Crippen molar-refractivity contribution >= 4 is 23.4 Å².